The van der Waals surface area contributed by atoms with Crippen molar-refractivity contribution in [2.24, 2.45) is 11.8 Å². The van der Waals surface area contributed by atoms with Crippen LogP contribution in [0.5, 0.6) is 0 Å². The fourth-order valence-electron chi connectivity index (χ4n) is 2.86. The lowest BCUT2D eigenvalue weighted by Gasteiger charge is -2.11. The second kappa shape index (κ2) is 4.72. The molecular weight excluding hydrogens is 195 g/mol. The average molecular weight is 215 g/mol. The summed E-state index contributed by atoms with van der Waals surface area (Å²) in [5.74, 6) is 1.60. The van der Waals surface area contributed by atoms with E-state index in [-0.39, 0.29) is 0 Å². The number of fused-ring (bicyclic) bond motifs is 2. The molecule has 2 nitrogen and oxygen atoms in total. The first-order valence-corrected chi connectivity index (χ1v) is 7.15. The zero-order valence-electron chi connectivity index (χ0n) is 8.95. The molecule has 14 heavy (non-hydrogen) atoms. The average Bonchev–Trinajstić information content (AvgIpc) is 2.79. The molecule has 0 aromatic rings. The standard InChI is InChI=1S/C11H20O2P/c1-2-3-6-13-14(12)11-8-9-4-5-10(11)7-9/h9-11H,2-8H2,1H3/q+1. The summed E-state index contributed by atoms with van der Waals surface area (Å²) in [4.78, 5) is 0. The molecule has 2 aliphatic carbocycles. The molecule has 0 aromatic heterocycles. The maximum Gasteiger partial charge on any atom is 0.511 e. The van der Waals surface area contributed by atoms with E-state index in [9.17, 15) is 4.57 Å². The third-order valence-electron chi connectivity index (χ3n) is 3.69. The maximum absolute atomic E-state index is 11.8. The van der Waals surface area contributed by atoms with Crippen LogP contribution in [0.15, 0.2) is 0 Å². The van der Waals surface area contributed by atoms with E-state index in [2.05, 4.69) is 6.92 Å². The number of hydrogen-bond acceptors (Lipinski definition) is 2. The molecule has 0 amide bonds. The van der Waals surface area contributed by atoms with Crippen LogP contribution in [0.1, 0.15) is 45.4 Å². The van der Waals surface area contributed by atoms with E-state index in [1.807, 2.05) is 0 Å². The van der Waals surface area contributed by atoms with Crippen molar-refractivity contribution in [1.29, 1.82) is 0 Å². The molecule has 0 spiro atoms. The van der Waals surface area contributed by atoms with E-state index in [0.29, 0.717) is 12.3 Å². The largest absolute Gasteiger partial charge is 0.511 e. The Morgan fingerprint density at radius 3 is 2.79 bits per heavy atom. The van der Waals surface area contributed by atoms with Crippen LogP contribution in [0.3, 0.4) is 0 Å². The summed E-state index contributed by atoms with van der Waals surface area (Å²) < 4.78 is 17.3. The molecule has 0 radical (unpaired) electrons. The van der Waals surface area contributed by atoms with Crippen molar-refractivity contribution < 1.29 is 9.09 Å². The smallest absolute Gasteiger partial charge is 0.146 e. The first kappa shape index (κ1) is 10.6. The second-order valence-electron chi connectivity index (χ2n) is 4.71. The molecule has 2 fully saturated rings. The van der Waals surface area contributed by atoms with Crippen molar-refractivity contribution in [2.45, 2.75) is 51.1 Å². The molecule has 0 heterocycles. The Kier molecular flexibility index (Phi) is 3.57. The van der Waals surface area contributed by atoms with Gasteiger partial charge in [-0.05, 0) is 36.2 Å². The van der Waals surface area contributed by atoms with Gasteiger partial charge in [-0.1, -0.05) is 13.3 Å². The van der Waals surface area contributed by atoms with Crippen molar-refractivity contribution in [3.8, 4) is 0 Å². The highest BCUT2D eigenvalue weighted by atomic mass is 31.1. The molecule has 4 unspecified atom stereocenters. The minimum absolute atomic E-state index is 0.403. The highest BCUT2D eigenvalue weighted by Crippen LogP contribution is 2.54. The zero-order valence-corrected chi connectivity index (χ0v) is 9.84. The molecular formula is C11H20O2P+. The summed E-state index contributed by atoms with van der Waals surface area (Å²) >= 11 is 0. The van der Waals surface area contributed by atoms with E-state index in [0.717, 1.165) is 24.7 Å². The van der Waals surface area contributed by atoms with E-state index in [4.69, 9.17) is 4.52 Å². The Labute approximate surface area is 87.3 Å². The van der Waals surface area contributed by atoms with Gasteiger partial charge >= 0.3 is 8.03 Å². The molecule has 0 aliphatic heterocycles. The van der Waals surface area contributed by atoms with Crippen molar-refractivity contribution >= 4 is 8.03 Å². The van der Waals surface area contributed by atoms with Crippen LogP contribution >= 0.6 is 8.03 Å². The summed E-state index contributed by atoms with van der Waals surface area (Å²) in [6.07, 6.45) is 7.34. The third-order valence-corrected chi connectivity index (χ3v) is 5.30. The van der Waals surface area contributed by atoms with Crippen molar-refractivity contribution in [2.75, 3.05) is 6.61 Å². The third kappa shape index (κ3) is 2.17. The van der Waals surface area contributed by atoms with Gasteiger partial charge in [-0.3, -0.25) is 0 Å². The molecule has 4 atom stereocenters. The van der Waals surface area contributed by atoms with Gasteiger partial charge in [0.15, 0.2) is 5.66 Å². The Hall–Kier alpha value is 0.0600. The van der Waals surface area contributed by atoms with Crippen LogP contribution in [0.2, 0.25) is 0 Å². The van der Waals surface area contributed by atoms with E-state index in [1.165, 1.54) is 25.7 Å². The predicted octanol–water partition coefficient (Wildman–Crippen LogP) is 3.73. The van der Waals surface area contributed by atoms with Crippen molar-refractivity contribution in [3.63, 3.8) is 0 Å². The van der Waals surface area contributed by atoms with Gasteiger partial charge in [0.05, 0.1) is 0 Å². The Morgan fingerprint density at radius 1 is 1.36 bits per heavy atom. The first-order valence-electron chi connectivity index (χ1n) is 5.90. The number of unbranched alkanes of at least 4 members (excludes halogenated alkanes) is 1. The van der Waals surface area contributed by atoms with Crippen molar-refractivity contribution in [3.05, 3.63) is 0 Å². The topological polar surface area (TPSA) is 26.3 Å². The van der Waals surface area contributed by atoms with E-state index < -0.39 is 8.03 Å². The monoisotopic (exact) mass is 215 g/mol. The van der Waals surface area contributed by atoms with Gasteiger partial charge in [-0.25, -0.2) is 0 Å². The predicted molar refractivity (Wildman–Crippen MR) is 57.7 cm³/mol. The van der Waals surface area contributed by atoms with Crippen LogP contribution in [0.4, 0.5) is 0 Å². The summed E-state index contributed by atoms with van der Waals surface area (Å²) in [5.41, 5.74) is 0.403. The van der Waals surface area contributed by atoms with Crippen molar-refractivity contribution in [1.82, 2.24) is 0 Å². The Balaban J connectivity index is 1.75. The van der Waals surface area contributed by atoms with Gasteiger partial charge in [0, 0.05) is 12.3 Å². The van der Waals surface area contributed by atoms with Crippen LogP contribution in [-0.4, -0.2) is 12.3 Å². The first-order chi connectivity index (χ1) is 6.81. The fourth-order valence-corrected chi connectivity index (χ4v) is 4.45. The van der Waals surface area contributed by atoms with Crippen LogP contribution < -0.4 is 0 Å². The van der Waals surface area contributed by atoms with Crippen LogP contribution in [-0.2, 0) is 9.09 Å². The minimum Gasteiger partial charge on any atom is -0.146 e. The van der Waals surface area contributed by atoms with Gasteiger partial charge in [-0.2, -0.15) is 0 Å². The molecule has 0 aromatic carbocycles. The highest BCUT2D eigenvalue weighted by molar-refractivity contribution is 7.40. The maximum atomic E-state index is 11.8. The van der Waals surface area contributed by atoms with Gasteiger partial charge in [0.25, 0.3) is 0 Å². The van der Waals surface area contributed by atoms with Crippen LogP contribution in [0, 0.1) is 11.8 Å². The lowest BCUT2D eigenvalue weighted by Crippen LogP contribution is -2.13. The molecule has 0 saturated heterocycles. The van der Waals surface area contributed by atoms with Gasteiger partial charge < -0.3 is 0 Å². The minimum atomic E-state index is -1.36. The number of rotatable bonds is 5. The van der Waals surface area contributed by atoms with Gasteiger partial charge in [0.1, 0.15) is 6.61 Å². The Bertz CT molecular complexity index is 217. The lowest BCUT2D eigenvalue weighted by atomic mass is 10.0. The van der Waals surface area contributed by atoms with Gasteiger partial charge in [0.2, 0.25) is 0 Å². The lowest BCUT2D eigenvalue weighted by molar-refractivity contribution is 0.305. The zero-order chi connectivity index (χ0) is 9.97. The Morgan fingerprint density at radius 2 is 2.21 bits per heavy atom. The molecule has 80 valence electrons. The summed E-state index contributed by atoms with van der Waals surface area (Å²) in [6, 6.07) is 0. The molecule has 2 aliphatic rings. The van der Waals surface area contributed by atoms with Gasteiger partial charge in [-0.15, -0.1) is 4.52 Å². The molecule has 2 bridgehead atoms. The fraction of sp³-hybridized carbons (Fsp3) is 1.00. The molecule has 2 saturated carbocycles. The molecule has 0 N–H and O–H groups in total. The molecule has 2 rings (SSSR count). The van der Waals surface area contributed by atoms with Crippen LogP contribution in [0.25, 0.3) is 0 Å². The quantitative estimate of drug-likeness (QED) is 0.516. The second-order valence-corrected chi connectivity index (χ2v) is 6.21. The summed E-state index contributed by atoms with van der Waals surface area (Å²) in [5, 5.41) is 0. The van der Waals surface area contributed by atoms with E-state index in [1.54, 1.807) is 0 Å². The summed E-state index contributed by atoms with van der Waals surface area (Å²) in [7, 11) is -1.36. The van der Waals surface area contributed by atoms with E-state index >= 15 is 0 Å². The summed E-state index contributed by atoms with van der Waals surface area (Å²) in [6.45, 7) is 2.83. The SMILES string of the molecule is CCCCO[P+](=O)C1CC2CCC1C2. The highest BCUT2D eigenvalue weighted by Gasteiger charge is 2.50. The normalized spacial score (nSPS) is 36.4. The number of hydrogen-bond donors (Lipinski definition) is 0. The molecule has 3 heteroatoms.